The minimum Gasteiger partial charge on any atom is -0.497 e. The Bertz CT molecular complexity index is 1010. The number of likely N-dealkylation sites (tertiary alicyclic amines) is 1. The number of nitrogens with zero attached hydrogens (tertiary/aromatic N) is 3. The molecule has 1 aliphatic rings. The molecule has 1 aliphatic heterocycles. The second kappa shape index (κ2) is 10.7. The quantitative estimate of drug-likeness (QED) is 0.528. The largest absolute Gasteiger partial charge is 0.497 e. The maximum atomic E-state index is 5.19. The smallest absolute Gasteiger partial charge is 0.135 e. The fraction of sp³-hybridized carbons (Fsp3) is 0.333. The van der Waals surface area contributed by atoms with Crippen molar-refractivity contribution in [3.63, 3.8) is 0 Å². The fourth-order valence-electron chi connectivity index (χ4n) is 3.86. The van der Waals surface area contributed by atoms with Gasteiger partial charge in [-0.2, -0.15) is 0 Å². The minimum absolute atomic E-state index is 0.703. The van der Waals surface area contributed by atoms with Gasteiger partial charge in [-0.1, -0.05) is 36.6 Å². The molecule has 0 radical (unpaired) electrons. The van der Waals surface area contributed by atoms with Gasteiger partial charge in [-0.25, -0.2) is 0 Å². The van der Waals surface area contributed by atoms with Gasteiger partial charge in [0.15, 0.2) is 0 Å². The molecule has 0 atom stereocenters. The molecule has 2 aromatic carbocycles. The molecule has 4 rings (SSSR count). The zero-order chi connectivity index (χ0) is 21.3. The van der Waals surface area contributed by atoms with E-state index in [9.17, 15) is 0 Å². The number of aryl methyl sites for hydroxylation is 1. The molecule has 1 fully saturated rings. The molecule has 158 valence electrons. The average molecular weight is 412 g/mol. The van der Waals surface area contributed by atoms with E-state index >= 15 is 0 Å². The van der Waals surface area contributed by atoms with Crippen LogP contribution in [0.2, 0.25) is 0 Å². The Kier molecular flexibility index (Phi) is 7.31. The topological polar surface area (TPSA) is 38.2 Å². The van der Waals surface area contributed by atoms with Crippen LogP contribution in [-0.2, 0) is 13.0 Å². The van der Waals surface area contributed by atoms with Gasteiger partial charge in [-0.15, -0.1) is 10.2 Å². The third-order valence-electron chi connectivity index (χ3n) is 5.68. The molecule has 31 heavy (non-hydrogen) atoms. The summed E-state index contributed by atoms with van der Waals surface area (Å²) in [7, 11) is 1.66. The van der Waals surface area contributed by atoms with Crippen LogP contribution in [0.3, 0.4) is 0 Å². The Morgan fingerprint density at radius 1 is 0.839 bits per heavy atom. The van der Waals surface area contributed by atoms with Gasteiger partial charge >= 0.3 is 0 Å². The molecule has 0 bridgehead atoms. The maximum Gasteiger partial charge on any atom is 0.135 e. The number of aromatic nitrogens is 2. The number of ether oxygens (including phenoxy) is 1. The fourth-order valence-corrected chi connectivity index (χ4v) is 3.86. The van der Waals surface area contributed by atoms with E-state index in [1.807, 2.05) is 36.4 Å². The Hall–Kier alpha value is -3.16. The summed E-state index contributed by atoms with van der Waals surface area (Å²) >= 11 is 0. The number of hydrogen-bond acceptors (Lipinski definition) is 4. The average Bonchev–Trinajstić information content (AvgIpc) is 2.84. The summed E-state index contributed by atoms with van der Waals surface area (Å²) in [5, 5.41) is 8.55. The van der Waals surface area contributed by atoms with Gasteiger partial charge < -0.3 is 4.74 Å². The summed E-state index contributed by atoms with van der Waals surface area (Å²) in [6.07, 6.45) is 5.83. The number of methoxy groups -OCH3 is 1. The molecule has 3 aromatic rings. The zero-order valence-electron chi connectivity index (χ0n) is 18.2. The van der Waals surface area contributed by atoms with Gasteiger partial charge in [0.25, 0.3) is 0 Å². The summed E-state index contributed by atoms with van der Waals surface area (Å²) in [4.78, 5) is 2.56. The van der Waals surface area contributed by atoms with Crippen molar-refractivity contribution in [2.75, 3.05) is 20.2 Å². The number of hydrogen-bond donors (Lipinski definition) is 0. The lowest BCUT2D eigenvalue weighted by atomic mass is 10.1. The van der Waals surface area contributed by atoms with Crippen molar-refractivity contribution in [2.24, 2.45) is 0 Å². The second-order valence-corrected chi connectivity index (χ2v) is 7.99. The Morgan fingerprint density at radius 3 is 2.26 bits per heavy atom. The molecule has 0 amide bonds. The number of rotatable bonds is 6. The lowest BCUT2D eigenvalue weighted by Gasteiger charge is -2.26. The first kappa shape index (κ1) is 21.1. The van der Waals surface area contributed by atoms with E-state index in [1.165, 1.54) is 43.5 Å². The summed E-state index contributed by atoms with van der Waals surface area (Å²) in [5.41, 5.74) is 5.28. The van der Waals surface area contributed by atoms with Crippen molar-refractivity contribution < 1.29 is 4.74 Å². The van der Waals surface area contributed by atoms with Gasteiger partial charge in [0, 0.05) is 18.5 Å². The summed E-state index contributed by atoms with van der Waals surface area (Å²) in [6, 6.07) is 20.7. The van der Waals surface area contributed by atoms with Crippen LogP contribution in [0, 0.1) is 11.8 Å². The molecule has 1 saturated heterocycles. The third-order valence-corrected chi connectivity index (χ3v) is 5.68. The van der Waals surface area contributed by atoms with E-state index in [4.69, 9.17) is 4.74 Å². The standard InChI is InChI=1S/C27H29N3O/c1-31-26-16-13-24(14-17-26)27-18-15-25(28-29-27)8-4-3-7-22-9-11-23(12-10-22)21-30-19-5-2-6-20-30/h9-18H,2-3,5-7,19-21H2,1H3. The van der Waals surface area contributed by atoms with Gasteiger partial charge in [-0.05, 0) is 85.8 Å². The second-order valence-electron chi connectivity index (χ2n) is 7.99. The first-order chi connectivity index (χ1) is 15.3. The van der Waals surface area contributed by atoms with Gasteiger partial charge in [0.05, 0.1) is 12.8 Å². The maximum absolute atomic E-state index is 5.19. The van der Waals surface area contributed by atoms with Crippen LogP contribution in [0.25, 0.3) is 11.3 Å². The molecular formula is C27H29N3O. The molecule has 4 nitrogen and oxygen atoms in total. The van der Waals surface area contributed by atoms with Gasteiger partial charge in [0.2, 0.25) is 0 Å². The first-order valence-electron chi connectivity index (χ1n) is 11.1. The van der Waals surface area contributed by atoms with Crippen molar-refractivity contribution in [1.29, 1.82) is 0 Å². The molecule has 0 saturated carbocycles. The zero-order valence-corrected chi connectivity index (χ0v) is 18.2. The van der Waals surface area contributed by atoms with Crippen LogP contribution >= 0.6 is 0 Å². The molecule has 1 aromatic heterocycles. The molecule has 0 aliphatic carbocycles. The Morgan fingerprint density at radius 2 is 1.58 bits per heavy atom. The number of benzene rings is 2. The van der Waals surface area contributed by atoms with Crippen molar-refractivity contribution in [3.05, 3.63) is 77.5 Å². The highest BCUT2D eigenvalue weighted by Gasteiger charge is 2.10. The van der Waals surface area contributed by atoms with Crippen molar-refractivity contribution in [2.45, 2.75) is 38.6 Å². The predicted octanol–water partition coefficient (Wildman–Crippen LogP) is 5.12. The van der Waals surface area contributed by atoms with E-state index in [0.717, 1.165) is 36.4 Å². The van der Waals surface area contributed by atoms with Crippen molar-refractivity contribution in [1.82, 2.24) is 15.1 Å². The minimum atomic E-state index is 0.703. The van der Waals surface area contributed by atoms with Gasteiger partial charge in [0.1, 0.15) is 11.4 Å². The first-order valence-corrected chi connectivity index (χ1v) is 11.1. The molecule has 0 spiro atoms. The van der Waals surface area contributed by atoms with Crippen LogP contribution in [0.1, 0.15) is 42.5 Å². The lowest BCUT2D eigenvalue weighted by molar-refractivity contribution is 0.221. The Labute approximate surface area is 185 Å². The third kappa shape index (κ3) is 6.16. The van der Waals surface area contributed by atoms with E-state index in [-0.39, 0.29) is 0 Å². The molecule has 0 unspecified atom stereocenters. The van der Waals surface area contributed by atoms with Crippen LogP contribution in [0.15, 0.2) is 60.7 Å². The van der Waals surface area contributed by atoms with E-state index in [1.54, 1.807) is 7.11 Å². The Balaban J connectivity index is 1.26. The summed E-state index contributed by atoms with van der Waals surface area (Å²) in [6.45, 7) is 3.55. The summed E-state index contributed by atoms with van der Waals surface area (Å²) in [5.74, 6) is 7.18. The van der Waals surface area contributed by atoms with Crippen LogP contribution in [-0.4, -0.2) is 35.3 Å². The van der Waals surface area contributed by atoms with E-state index in [0.29, 0.717) is 5.69 Å². The normalized spacial score (nSPS) is 14.0. The van der Waals surface area contributed by atoms with Crippen molar-refractivity contribution >= 4 is 0 Å². The molecule has 0 N–H and O–H groups in total. The van der Waals surface area contributed by atoms with Crippen molar-refractivity contribution in [3.8, 4) is 28.8 Å². The predicted molar refractivity (Wildman–Crippen MR) is 125 cm³/mol. The highest BCUT2D eigenvalue weighted by molar-refractivity contribution is 5.59. The molecular weight excluding hydrogens is 382 g/mol. The SMILES string of the molecule is COc1ccc(-c2ccc(C#CCCc3ccc(CN4CCCCC4)cc3)nn2)cc1. The van der Waals surface area contributed by atoms with E-state index < -0.39 is 0 Å². The number of piperidine rings is 1. The van der Waals surface area contributed by atoms with Crippen LogP contribution in [0.4, 0.5) is 0 Å². The monoisotopic (exact) mass is 411 g/mol. The molecule has 4 heteroatoms. The highest BCUT2D eigenvalue weighted by atomic mass is 16.5. The van der Waals surface area contributed by atoms with Gasteiger partial charge in [-0.3, -0.25) is 4.90 Å². The van der Waals surface area contributed by atoms with Crippen LogP contribution < -0.4 is 4.74 Å². The lowest BCUT2D eigenvalue weighted by Crippen LogP contribution is -2.29. The van der Waals surface area contributed by atoms with E-state index in [2.05, 4.69) is 51.2 Å². The summed E-state index contributed by atoms with van der Waals surface area (Å²) < 4.78 is 5.19. The van der Waals surface area contributed by atoms with Crippen LogP contribution in [0.5, 0.6) is 5.75 Å². The highest BCUT2D eigenvalue weighted by Crippen LogP contribution is 2.20. The molecule has 2 heterocycles.